The van der Waals surface area contributed by atoms with Gasteiger partial charge in [-0.15, -0.1) is 0 Å². The quantitative estimate of drug-likeness (QED) is 0.594. The highest BCUT2D eigenvalue weighted by Crippen LogP contribution is 2.23. The third-order valence-corrected chi connectivity index (χ3v) is 1.66. The maximum Gasteiger partial charge on any atom is 0.261 e. The van der Waals surface area contributed by atoms with Crippen LogP contribution in [-0.2, 0) is 0 Å². The molecule has 1 rings (SSSR count). The first kappa shape index (κ1) is 7.92. The van der Waals surface area contributed by atoms with Crippen LogP contribution in [0.2, 0.25) is 0 Å². The topological polar surface area (TPSA) is 22.0 Å². The molecule has 0 aromatic heterocycles. The summed E-state index contributed by atoms with van der Waals surface area (Å²) in [5.74, 6) is 1.85. The number of aryl methyl sites for hydroxylation is 1. The SMILES string of the molecule is COc1ccc(C)c([OH+]C)c1. The average Bonchev–Trinajstić information content (AvgIpc) is 2.05. The van der Waals surface area contributed by atoms with Gasteiger partial charge in [0.15, 0.2) is 7.11 Å². The smallest absolute Gasteiger partial charge is 0.261 e. The second kappa shape index (κ2) is 3.28. The van der Waals surface area contributed by atoms with Gasteiger partial charge in [0.05, 0.1) is 13.2 Å². The average molecular weight is 153 g/mol. The summed E-state index contributed by atoms with van der Waals surface area (Å²) in [6.45, 7) is 2.03. The maximum absolute atomic E-state index is 5.05. The molecule has 0 radical (unpaired) electrons. The summed E-state index contributed by atoms with van der Waals surface area (Å²) in [6.07, 6.45) is 0. The van der Waals surface area contributed by atoms with Crippen LogP contribution in [0.25, 0.3) is 0 Å². The summed E-state index contributed by atoms with van der Waals surface area (Å²) in [5, 5.41) is 0. The van der Waals surface area contributed by atoms with E-state index in [9.17, 15) is 0 Å². The van der Waals surface area contributed by atoms with Crippen molar-refractivity contribution in [1.82, 2.24) is 0 Å². The van der Waals surface area contributed by atoms with Crippen molar-refractivity contribution in [3.63, 3.8) is 0 Å². The number of aromatic hydroxyl groups is 1. The van der Waals surface area contributed by atoms with Crippen molar-refractivity contribution in [1.29, 1.82) is 0 Å². The van der Waals surface area contributed by atoms with Gasteiger partial charge < -0.3 is 9.47 Å². The van der Waals surface area contributed by atoms with Crippen LogP contribution in [0.3, 0.4) is 0 Å². The van der Waals surface area contributed by atoms with Gasteiger partial charge in [-0.25, -0.2) is 0 Å². The highest BCUT2D eigenvalue weighted by molar-refractivity contribution is 5.38. The molecule has 1 N–H and O–H groups in total. The summed E-state index contributed by atoms with van der Waals surface area (Å²) in [6, 6.07) is 5.86. The van der Waals surface area contributed by atoms with Gasteiger partial charge in [-0.2, -0.15) is 0 Å². The Morgan fingerprint density at radius 3 is 2.64 bits per heavy atom. The Balaban J connectivity index is 3.02. The highest BCUT2D eigenvalue weighted by Gasteiger charge is 2.03. The van der Waals surface area contributed by atoms with Gasteiger partial charge in [-0.05, 0) is 19.1 Å². The third-order valence-electron chi connectivity index (χ3n) is 1.66. The van der Waals surface area contributed by atoms with Gasteiger partial charge in [-0.1, -0.05) is 0 Å². The van der Waals surface area contributed by atoms with Crippen molar-refractivity contribution in [3.05, 3.63) is 23.8 Å². The summed E-state index contributed by atoms with van der Waals surface area (Å²) in [4.78, 5) is 0. The van der Waals surface area contributed by atoms with Crippen LogP contribution in [0, 0.1) is 6.92 Å². The normalized spacial score (nSPS) is 9.36. The lowest BCUT2D eigenvalue weighted by Crippen LogP contribution is -1.86. The van der Waals surface area contributed by atoms with E-state index in [0.717, 1.165) is 11.5 Å². The molecule has 0 heterocycles. The number of rotatable bonds is 2. The molecule has 0 saturated carbocycles. The van der Waals surface area contributed by atoms with E-state index in [1.54, 1.807) is 14.2 Å². The lowest BCUT2D eigenvalue weighted by atomic mass is 10.2. The molecule has 0 amide bonds. The molecule has 0 aliphatic carbocycles. The molecule has 0 bridgehead atoms. The first-order valence-electron chi connectivity index (χ1n) is 3.52. The van der Waals surface area contributed by atoms with Gasteiger partial charge in [0.2, 0.25) is 0 Å². The standard InChI is InChI=1S/C9H12O2/c1-7-4-5-8(10-2)6-9(7)11-3/h4-6H,1-3H3/p+1. The monoisotopic (exact) mass is 153 g/mol. The van der Waals surface area contributed by atoms with Crippen molar-refractivity contribution in [3.8, 4) is 11.5 Å². The minimum atomic E-state index is 0.858. The first-order chi connectivity index (χ1) is 5.27. The van der Waals surface area contributed by atoms with E-state index in [2.05, 4.69) is 4.74 Å². The Morgan fingerprint density at radius 2 is 2.09 bits per heavy atom. The van der Waals surface area contributed by atoms with Crippen LogP contribution in [0.5, 0.6) is 11.5 Å². The molecule has 2 nitrogen and oxygen atoms in total. The molecule has 0 saturated heterocycles. The van der Waals surface area contributed by atoms with Crippen LogP contribution < -0.4 is 4.74 Å². The molecule has 0 unspecified atom stereocenters. The van der Waals surface area contributed by atoms with Crippen molar-refractivity contribution in [2.75, 3.05) is 14.2 Å². The molecule has 1 aromatic rings. The number of hydrogen-bond donors (Lipinski definition) is 0. The number of aliphatic hydroxyl groups is 1. The molecule has 0 aliphatic rings. The van der Waals surface area contributed by atoms with E-state index in [1.165, 1.54) is 5.56 Å². The van der Waals surface area contributed by atoms with Crippen LogP contribution in [0.4, 0.5) is 0 Å². The molecule has 2 heteroatoms. The van der Waals surface area contributed by atoms with Crippen molar-refractivity contribution in [2.45, 2.75) is 6.92 Å². The molecular weight excluding hydrogens is 140 g/mol. The lowest BCUT2D eigenvalue weighted by Gasteiger charge is -2.03. The van der Waals surface area contributed by atoms with E-state index >= 15 is 0 Å². The van der Waals surface area contributed by atoms with E-state index in [4.69, 9.17) is 4.74 Å². The number of hydrogen-bond acceptors (Lipinski definition) is 1. The van der Waals surface area contributed by atoms with Gasteiger partial charge in [0, 0.05) is 5.56 Å². The molecule has 0 aliphatic heterocycles. The molecular formula is C9H13O2+. The van der Waals surface area contributed by atoms with Crippen LogP contribution in [0.15, 0.2) is 18.2 Å². The minimum absolute atomic E-state index is 0.858. The van der Waals surface area contributed by atoms with Crippen molar-refractivity contribution >= 4 is 0 Å². The zero-order valence-corrected chi connectivity index (χ0v) is 7.09. The van der Waals surface area contributed by atoms with Gasteiger partial charge in [-0.3, -0.25) is 0 Å². The Hall–Kier alpha value is -1.18. The van der Waals surface area contributed by atoms with Crippen LogP contribution >= 0.6 is 0 Å². The Bertz CT molecular complexity index is 243. The van der Waals surface area contributed by atoms with Crippen molar-refractivity contribution < 1.29 is 9.47 Å². The summed E-state index contributed by atoms with van der Waals surface area (Å²) in [7, 11) is 3.44. The Morgan fingerprint density at radius 1 is 1.36 bits per heavy atom. The number of benzene rings is 1. The largest absolute Gasteiger partial charge is 0.584 e. The fraction of sp³-hybridized carbons (Fsp3) is 0.333. The third kappa shape index (κ3) is 1.64. The maximum atomic E-state index is 5.05. The van der Waals surface area contributed by atoms with Gasteiger partial charge >= 0.3 is 0 Å². The highest BCUT2D eigenvalue weighted by atomic mass is 16.5. The van der Waals surface area contributed by atoms with E-state index in [0.29, 0.717) is 0 Å². The molecule has 11 heavy (non-hydrogen) atoms. The number of methoxy groups -OCH3 is 1. The zero-order valence-electron chi connectivity index (χ0n) is 7.09. The van der Waals surface area contributed by atoms with E-state index in [-0.39, 0.29) is 0 Å². The summed E-state index contributed by atoms with van der Waals surface area (Å²) in [5.41, 5.74) is 1.17. The Labute approximate surface area is 66.8 Å². The summed E-state index contributed by atoms with van der Waals surface area (Å²) >= 11 is 0. The predicted octanol–water partition coefficient (Wildman–Crippen LogP) is 1.87. The van der Waals surface area contributed by atoms with Gasteiger partial charge in [0.25, 0.3) is 5.75 Å². The van der Waals surface area contributed by atoms with Gasteiger partial charge in [0.1, 0.15) is 5.75 Å². The second-order valence-corrected chi connectivity index (χ2v) is 2.38. The van der Waals surface area contributed by atoms with Crippen LogP contribution in [-0.4, -0.2) is 19.0 Å². The molecule has 0 fully saturated rings. The fourth-order valence-electron chi connectivity index (χ4n) is 0.957. The molecule has 60 valence electrons. The fourth-order valence-corrected chi connectivity index (χ4v) is 0.957. The Kier molecular flexibility index (Phi) is 2.36. The van der Waals surface area contributed by atoms with E-state index < -0.39 is 0 Å². The van der Waals surface area contributed by atoms with Crippen molar-refractivity contribution in [2.24, 2.45) is 0 Å². The lowest BCUT2D eigenvalue weighted by molar-refractivity contribution is 0.134. The summed E-state index contributed by atoms with van der Waals surface area (Å²) < 4.78 is 9.15. The molecule has 0 atom stereocenters. The number of ether oxygens (including phenoxy) is 2. The predicted molar refractivity (Wildman–Crippen MR) is 45.3 cm³/mol. The van der Waals surface area contributed by atoms with E-state index in [1.807, 2.05) is 25.1 Å². The molecule has 0 spiro atoms. The zero-order chi connectivity index (χ0) is 8.27. The first-order valence-corrected chi connectivity index (χ1v) is 3.52. The minimum Gasteiger partial charge on any atom is -0.584 e. The second-order valence-electron chi connectivity index (χ2n) is 2.38. The van der Waals surface area contributed by atoms with Crippen LogP contribution in [0.1, 0.15) is 5.56 Å². The molecule has 1 aromatic carbocycles.